The average Bonchev–Trinajstić information content (AvgIpc) is 2.40. The molecule has 0 radical (unpaired) electrons. The summed E-state index contributed by atoms with van der Waals surface area (Å²) in [5.41, 5.74) is 1.85. The van der Waals surface area contributed by atoms with Crippen molar-refractivity contribution in [2.75, 3.05) is 0 Å². The predicted molar refractivity (Wildman–Crippen MR) is 69.5 cm³/mol. The van der Waals surface area contributed by atoms with Gasteiger partial charge in [0.25, 0.3) is 0 Å². The van der Waals surface area contributed by atoms with Crippen molar-refractivity contribution < 1.29 is 14.3 Å². The first-order chi connectivity index (χ1) is 9.08. The van der Waals surface area contributed by atoms with Gasteiger partial charge < -0.3 is 5.11 Å². The zero-order valence-electron chi connectivity index (χ0n) is 10.5. The second-order valence-electron chi connectivity index (χ2n) is 4.46. The lowest BCUT2D eigenvalue weighted by Crippen LogP contribution is -2.15. The minimum Gasteiger partial charge on any atom is -0.481 e. The Balaban J connectivity index is 2.30. The number of benzene rings is 1. The molecule has 4 heteroatoms. The Bertz CT molecular complexity index is 584. The number of carboxylic acid groups (broad SMARTS) is 1. The minimum absolute atomic E-state index is 0.320. The first kappa shape index (κ1) is 13.2. The number of pyridine rings is 1. The maximum absolute atomic E-state index is 13.5. The summed E-state index contributed by atoms with van der Waals surface area (Å²) < 4.78 is 13.5. The molecule has 1 N–H and O–H groups in total. The van der Waals surface area contributed by atoms with Crippen LogP contribution in [0.15, 0.2) is 42.7 Å². The molecule has 0 aliphatic rings. The number of hydrogen-bond acceptors (Lipinski definition) is 2. The van der Waals surface area contributed by atoms with Crippen LogP contribution in [0, 0.1) is 12.7 Å². The van der Waals surface area contributed by atoms with E-state index in [1.807, 2.05) is 0 Å². The number of carboxylic acids is 1. The number of carbonyl (C=O) groups is 1. The number of halogens is 1. The lowest BCUT2D eigenvalue weighted by Gasteiger charge is -2.13. The van der Waals surface area contributed by atoms with Crippen LogP contribution in [0.2, 0.25) is 0 Å². The van der Waals surface area contributed by atoms with Crippen LogP contribution in [0.3, 0.4) is 0 Å². The largest absolute Gasteiger partial charge is 0.481 e. The van der Waals surface area contributed by atoms with Gasteiger partial charge in [-0.2, -0.15) is 0 Å². The topological polar surface area (TPSA) is 50.2 Å². The lowest BCUT2D eigenvalue weighted by atomic mass is 9.92. The van der Waals surface area contributed by atoms with Gasteiger partial charge >= 0.3 is 5.97 Å². The van der Waals surface area contributed by atoms with Gasteiger partial charge in [0.05, 0.1) is 5.92 Å². The predicted octanol–water partition coefficient (Wildman–Crippen LogP) is 2.94. The SMILES string of the molecule is Cc1ccc(C(Cc2ccncc2)C(=O)O)cc1F. The van der Waals surface area contributed by atoms with E-state index in [1.165, 1.54) is 6.07 Å². The van der Waals surface area contributed by atoms with Crippen molar-refractivity contribution in [3.05, 3.63) is 65.2 Å². The molecule has 2 rings (SSSR count). The fourth-order valence-corrected chi connectivity index (χ4v) is 1.93. The fourth-order valence-electron chi connectivity index (χ4n) is 1.93. The van der Waals surface area contributed by atoms with E-state index in [0.29, 0.717) is 17.5 Å². The van der Waals surface area contributed by atoms with Crippen LogP contribution in [0.1, 0.15) is 22.6 Å². The molecule has 0 saturated heterocycles. The van der Waals surface area contributed by atoms with Crippen LogP contribution < -0.4 is 0 Å². The Kier molecular flexibility index (Phi) is 3.90. The first-order valence-electron chi connectivity index (χ1n) is 5.95. The Morgan fingerprint density at radius 3 is 2.58 bits per heavy atom. The molecule has 1 unspecified atom stereocenters. The molecular weight excluding hydrogens is 245 g/mol. The molecule has 1 aromatic heterocycles. The van der Waals surface area contributed by atoms with Gasteiger partial charge in [-0.15, -0.1) is 0 Å². The van der Waals surface area contributed by atoms with E-state index >= 15 is 0 Å². The number of hydrogen-bond donors (Lipinski definition) is 1. The summed E-state index contributed by atoms with van der Waals surface area (Å²) in [6, 6.07) is 8.10. The molecular formula is C15H14FNO2. The van der Waals surface area contributed by atoms with Gasteiger partial charge in [0.1, 0.15) is 5.82 Å². The van der Waals surface area contributed by atoms with E-state index < -0.39 is 11.9 Å². The van der Waals surface area contributed by atoms with E-state index in [1.54, 1.807) is 43.6 Å². The normalized spacial score (nSPS) is 12.1. The van der Waals surface area contributed by atoms with Crippen molar-refractivity contribution in [3.8, 4) is 0 Å². The molecule has 2 aromatic rings. The van der Waals surface area contributed by atoms with Crippen LogP contribution in [-0.4, -0.2) is 16.1 Å². The summed E-state index contributed by atoms with van der Waals surface area (Å²) in [6.45, 7) is 1.65. The molecule has 1 heterocycles. The monoisotopic (exact) mass is 259 g/mol. The van der Waals surface area contributed by atoms with Gasteiger partial charge in [-0.25, -0.2) is 4.39 Å². The Hall–Kier alpha value is -2.23. The molecule has 0 fully saturated rings. The molecule has 1 atom stereocenters. The average molecular weight is 259 g/mol. The fraction of sp³-hybridized carbons (Fsp3) is 0.200. The molecule has 1 aromatic carbocycles. The molecule has 0 saturated carbocycles. The number of aliphatic carboxylic acids is 1. The third-order valence-corrected chi connectivity index (χ3v) is 3.09. The zero-order valence-corrected chi connectivity index (χ0v) is 10.5. The van der Waals surface area contributed by atoms with Gasteiger partial charge in [-0.05, 0) is 48.2 Å². The zero-order chi connectivity index (χ0) is 13.8. The summed E-state index contributed by atoms with van der Waals surface area (Å²) in [5.74, 6) is -2.09. The van der Waals surface area contributed by atoms with Gasteiger partial charge in [-0.1, -0.05) is 12.1 Å². The summed E-state index contributed by atoms with van der Waals surface area (Å²) in [7, 11) is 0. The molecule has 0 aliphatic carbocycles. The summed E-state index contributed by atoms with van der Waals surface area (Å²) in [5, 5.41) is 9.31. The van der Waals surface area contributed by atoms with Gasteiger partial charge in [0.2, 0.25) is 0 Å². The Morgan fingerprint density at radius 2 is 2.00 bits per heavy atom. The molecule has 3 nitrogen and oxygen atoms in total. The van der Waals surface area contributed by atoms with Gasteiger partial charge in [0, 0.05) is 12.4 Å². The van der Waals surface area contributed by atoms with Crippen molar-refractivity contribution >= 4 is 5.97 Å². The standard InChI is InChI=1S/C15H14FNO2/c1-10-2-3-12(9-14(10)16)13(15(18)19)8-11-4-6-17-7-5-11/h2-7,9,13H,8H2,1H3,(H,18,19). The summed E-state index contributed by atoms with van der Waals surface area (Å²) in [6.07, 6.45) is 3.55. The third-order valence-electron chi connectivity index (χ3n) is 3.09. The summed E-state index contributed by atoms with van der Waals surface area (Å²) in [4.78, 5) is 15.3. The second-order valence-corrected chi connectivity index (χ2v) is 4.46. The minimum atomic E-state index is -0.958. The van der Waals surface area contributed by atoms with Crippen molar-refractivity contribution in [2.45, 2.75) is 19.3 Å². The number of aromatic nitrogens is 1. The van der Waals surface area contributed by atoms with Crippen molar-refractivity contribution in [1.29, 1.82) is 0 Å². The summed E-state index contributed by atoms with van der Waals surface area (Å²) >= 11 is 0. The van der Waals surface area contributed by atoms with E-state index in [9.17, 15) is 14.3 Å². The van der Waals surface area contributed by atoms with Crippen molar-refractivity contribution in [2.24, 2.45) is 0 Å². The highest BCUT2D eigenvalue weighted by molar-refractivity contribution is 5.76. The van der Waals surface area contributed by atoms with Crippen molar-refractivity contribution in [3.63, 3.8) is 0 Å². The maximum Gasteiger partial charge on any atom is 0.311 e. The molecule has 19 heavy (non-hydrogen) atoms. The number of rotatable bonds is 4. The quantitative estimate of drug-likeness (QED) is 0.918. The van der Waals surface area contributed by atoms with Crippen LogP contribution >= 0.6 is 0 Å². The first-order valence-corrected chi connectivity index (χ1v) is 5.95. The highest BCUT2D eigenvalue weighted by Crippen LogP contribution is 2.23. The highest BCUT2D eigenvalue weighted by Gasteiger charge is 2.21. The smallest absolute Gasteiger partial charge is 0.311 e. The van der Waals surface area contributed by atoms with Crippen LogP contribution in [0.25, 0.3) is 0 Å². The van der Waals surface area contributed by atoms with E-state index in [-0.39, 0.29) is 5.82 Å². The van der Waals surface area contributed by atoms with Crippen LogP contribution in [0.4, 0.5) is 4.39 Å². The maximum atomic E-state index is 13.5. The van der Waals surface area contributed by atoms with E-state index in [4.69, 9.17) is 0 Å². The van der Waals surface area contributed by atoms with E-state index in [2.05, 4.69) is 4.98 Å². The molecule has 0 amide bonds. The van der Waals surface area contributed by atoms with Gasteiger partial charge in [-0.3, -0.25) is 9.78 Å². The highest BCUT2D eigenvalue weighted by atomic mass is 19.1. The van der Waals surface area contributed by atoms with Crippen LogP contribution in [0.5, 0.6) is 0 Å². The third kappa shape index (κ3) is 3.16. The Labute approximate surface area is 110 Å². The number of nitrogens with zero attached hydrogens (tertiary/aromatic N) is 1. The van der Waals surface area contributed by atoms with Crippen LogP contribution in [-0.2, 0) is 11.2 Å². The van der Waals surface area contributed by atoms with Gasteiger partial charge in [0.15, 0.2) is 0 Å². The Morgan fingerprint density at radius 1 is 1.32 bits per heavy atom. The molecule has 0 spiro atoms. The van der Waals surface area contributed by atoms with Crippen molar-refractivity contribution in [1.82, 2.24) is 4.98 Å². The lowest BCUT2D eigenvalue weighted by molar-refractivity contribution is -0.138. The molecule has 0 aliphatic heterocycles. The number of aryl methyl sites for hydroxylation is 1. The molecule has 0 bridgehead atoms. The van der Waals surface area contributed by atoms with E-state index in [0.717, 1.165) is 5.56 Å². The molecule has 98 valence electrons. The second kappa shape index (κ2) is 5.61.